The van der Waals surface area contributed by atoms with E-state index in [2.05, 4.69) is 35.5 Å². The molecule has 0 aliphatic carbocycles. The molecule has 0 saturated carbocycles. The smallest absolute Gasteiger partial charge is 0.272 e. The predicted octanol–water partition coefficient (Wildman–Crippen LogP) is 5.02. The van der Waals surface area contributed by atoms with E-state index in [1.54, 1.807) is 0 Å². The number of nitrogens with zero attached hydrogens (tertiary/aromatic N) is 2. The van der Waals surface area contributed by atoms with Crippen LogP contribution in [0.4, 0.5) is 0 Å². The molecule has 146 valence electrons. The first-order chi connectivity index (χ1) is 14.1. The van der Waals surface area contributed by atoms with Gasteiger partial charge in [0.05, 0.1) is 12.1 Å². The first-order valence-corrected chi connectivity index (χ1v) is 10.0. The average Bonchev–Trinajstić information content (AvgIpc) is 3.08. The lowest BCUT2D eigenvalue weighted by Gasteiger charge is -2.05. The summed E-state index contributed by atoms with van der Waals surface area (Å²) in [7, 11) is 0. The summed E-state index contributed by atoms with van der Waals surface area (Å²) in [6.45, 7) is 3.22. The highest BCUT2D eigenvalue weighted by Gasteiger charge is 2.16. The molecule has 4 aromatic rings. The van der Waals surface area contributed by atoms with Crippen LogP contribution in [-0.2, 0) is 13.0 Å². The van der Waals surface area contributed by atoms with Crippen molar-refractivity contribution < 1.29 is 4.79 Å². The number of hydrogen-bond donors (Lipinski definition) is 1. The Balaban J connectivity index is 1.52. The minimum Gasteiger partial charge on any atom is -0.350 e. The fraction of sp³-hybridized carbons (Fsp3) is 0.167. The molecule has 4 rings (SSSR count). The van der Waals surface area contributed by atoms with Crippen molar-refractivity contribution in [2.45, 2.75) is 19.9 Å². The Morgan fingerprint density at radius 1 is 1.00 bits per heavy atom. The summed E-state index contributed by atoms with van der Waals surface area (Å²) in [6.07, 6.45) is 0.789. The maximum absolute atomic E-state index is 12.8. The Hall–Kier alpha value is -3.11. The second kappa shape index (κ2) is 8.50. The van der Waals surface area contributed by atoms with Crippen LogP contribution in [0.3, 0.4) is 0 Å². The molecule has 0 saturated heterocycles. The van der Waals surface area contributed by atoms with E-state index in [0.29, 0.717) is 23.8 Å². The molecule has 4 nitrogen and oxygen atoms in total. The summed E-state index contributed by atoms with van der Waals surface area (Å²) in [5.41, 5.74) is 4.91. The lowest BCUT2D eigenvalue weighted by atomic mass is 10.1. The van der Waals surface area contributed by atoms with Gasteiger partial charge in [0.1, 0.15) is 0 Å². The third-order valence-corrected chi connectivity index (χ3v) is 5.15. The number of amides is 1. The highest BCUT2D eigenvalue weighted by molar-refractivity contribution is 6.30. The van der Waals surface area contributed by atoms with Gasteiger partial charge in [-0.15, -0.1) is 0 Å². The van der Waals surface area contributed by atoms with Crippen molar-refractivity contribution >= 4 is 28.4 Å². The van der Waals surface area contributed by atoms with Gasteiger partial charge in [-0.3, -0.25) is 9.48 Å². The summed E-state index contributed by atoms with van der Waals surface area (Å²) < 4.78 is 1.87. The lowest BCUT2D eigenvalue weighted by molar-refractivity contribution is 0.0950. The predicted molar refractivity (Wildman–Crippen MR) is 118 cm³/mol. The van der Waals surface area contributed by atoms with E-state index in [-0.39, 0.29) is 5.91 Å². The van der Waals surface area contributed by atoms with Crippen molar-refractivity contribution in [3.63, 3.8) is 0 Å². The van der Waals surface area contributed by atoms with Crippen molar-refractivity contribution in [1.29, 1.82) is 0 Å². The molecule has 3 aromatic carbocycles. The van der Waals surface area contributed by atoms with E-state index in [0.717, 1.165) is 22.9 Å². The van der Waals surface area contributed by atoms with Gasteiger partial charge in [0.25, 0.3) is 5.91 Å². The van der Waals surface area contributed by atoms with Crippen LogP contribution in [0.15, 0.2) is 72.8 Å². The van der Waals surface area contributed by atoms with Crippen LogP contribution in [0.1, 0.15) is 27.2 Å². The van der Waals surface area contributed by atoms with Crippen molar-refractivity contribution in [2.24, 2.45) is 0 Å². The van der Waals surface area contributed by atoms with Gasteiger partial charge in [-0.2, -0.15) is 5.10 Å². The van der Waals surface area contributed by atoms with Gasteiger partial charge in [0.2, 0.25) is 0 Å². The molecule has 0 unspecified atom stereocenters. The first kappa shape index (κ1) is 19.2. The summed E-state index contributed by atoms with van der Waals surface area (Å²) in [6, 6.07) is 23.8. The highest BCUT2D eigenvalue weighted by atomic mass is 35.5. The van der Waals surface area contributed by atoms with Crippen LogP contribution in [0, 0.1) is 6.92 Å². The van der Waals surface area contributed by atoms with Crippen LogP contribution in [-0.4, -0.2) is 22.2 Å². The fourth-order valence-corrected chi connectivity index (χ4v) is 3.58. The van der Waals surface area contributed by atoms with Gasteiger partial charge in [0, 0.05) is 17.0 Å². The molecule has 5 heteroatoms. The number of nitrogens with one attached hydrogen (secondary N) is 1. The van der Waals surface area contributed by atoms with Crippen LogP contribution >= 0.6 is 11.6 Å². The van der Waals surface area contributed by atoms with Crippen molar-refractivity contribution in [1.82, 2.24) is 15.1 Å². The summed E-state index contributed by atoms with van der Waals surface area (Å²) in [5.74, 6) is -0.149. The second-order valence-electron chi connectivity index (χ2n) is 7.14. The zero-order valence-corrected chi connectivity index (χ0v) is 17.0. The molecular formula is C24H22ClN3O. The summed E-state index contributed by atoms with van der Waals surface area (Å²) in [5, 5.41) is 9.19. The number of carbonyl (C=O) groups is 1. The Kier molecular flexibility index (Phi) is 5.63. The quantitative estimate of drug-likeness (QED) is 0.491. The third kappa shape index (κ3) is 4.49. The molecular weight excluding hydrogens is 382 g/mol. The van der Waals surface area contributed by atoms with Crippen LogP contribution in [0.2, 0.25) is 5.02 Å². The molecule has 1 amide bonds. The minimum absolute atomic E-state index is 0.149. The fourth-order valence-electron chi connectivity index (χ4n) is 3.45. The van der Waals surface area contributed by atoms with E-state index >= 15 is 0 Å². The van der Waals surface area contributed by atoms with E-state index in [1.807, 2.05) is 59.3 Å². The molecule has 1 N–H and O–H groups in total. The average molecular weight is 404 g/mol. The second-order valence-corrected chi connectivity index (χ2v) is 7.58. The van der Waals surface area contributed by atoms with Gasteiger partial charge < -0.3 is 5.32 Å². The maximum Gasteiger partial charge on any atom is 0.272 e. The largest absolute Gasteiger partial charge is 0.350 e. The Morgan fingerprint density at radius 3 is 2.59 bits per heavy atom. The number of carbonyl (C=O) groups excluding carboxylic acids is 1. The molecule has 0 aliphatic heterocycles. The van der Waals surface area contributed by atoms with Gasteiger partial charge in [0.15, 0.2) is 5.69 Å². The van der Waals surface area contributed by atoms with Gasteiger partial charge >= 0.3 is 0 Å². The van der Waals surface area contributed by atoms with E-state index in [1.165, 1.54) is 11.1 Å². The van der Waals surface area contributed by atoms with Gasteiger partial charge in [-0.05, 0) is 42.7 Å². The Bertz CT molecular complexity index is 1150. The Morgan fingerprint density at radius 2 is 1.79 bits per heavy atom. The monoisotopic (exact) mass is 403 g/mol. The zero-order valence-electron chi connectivity index (χ0n) is 16.2. The molecule has 0 radical (unpaired) electrons. The number of rotatable bonds is 6. The van der Waals surface area contributed by atoms with Gasteiger partial charge in [-0.1, -0.05) is 71.8 Å². The van der Waals surface area contributed by atoms with Crippen LogP contribution in [0.25, 0.3) is 10.9 Å². The maximum atomic E-state index is 12.8. The number of halogens is 1. The van der Waals surface area contributed by atoms with Crippen molar-refractivity contribution in [3.05, 3.63) is 100 Å². The molecule has 0 spiro atoms. The van der Waals surface area contributed by atoms with Crippen LogP contribution in [0.5, 0.6) is 0 Å². The Labute approximate surface area is 175 Å². The highest BCUT2D eigenvalue weighted by Crippen LogP contribution is 2.20. The van der Waals surface area contributed by atoms with Gasteiger partial charge in [-0.25, -0.2) is 0 Å². The molecule has 29 heavy (non-hydrogen) atoms. The molecule has 0 atom stereocenters. The number of aromatic nitrogens is 2. The number of hydrogen-bond acceptors (Lipinski definition) is 2. The number of aryl methyl sites for hydroxylation is 1. The summed E-state index contributed by atoms with van der Waals surface area (Å²) >= 11 is 5.98. The topological polar surface area (TPSA) is 46.9 Å². The molecule has 0 fully saturated rings. The van der Waals surface area contributed by atoms with E-state index in [9.17, 15) is 4.79 Å². The lowest BCUT2D eigenvalue weighted by Crippen LogP contribution is -2.26. The number of fused-ring (bicyclic) bond motifs is 1. The zero-order chi connectivity index (χ0) is 20.2. The molecule has 0 aliphatic rings. The standard InChI is InChI=1S/C24H22ClN3O/c1-17-5-4-6-18(15-17)13-14-26-24(29)23-21-7-2-3-8-22(21)28(27-23)16-19-9-11-20(25)12-10-19/h2-12,15H,13-14,16H2,1H3,(H,26,29). The molecule has 0 bridgehead atoms. The third-order valence-electron chi connectivity index (χ3n) is 4.90. The molecule has 1 heterocycles. The van der Waals surface area contributed by atoms with Crippen LogP contribution < -0.4 is 5.32 Å². The van der Waals surface area contributed by atoms with Crippen molar-refractivity contribution in [2.75, 3.05) is 6.54 Å². The number of para-hydroxylation sites is 1. The minimum atomic E-state index is -0.149. The first-order valence-electron chi connectivity index (χ1n) is 9.64. The SMILES string of the molecule is Cc1cccc(CCNC(=O)c2nn(Cc3ccc(Cl)cc3)c3ccccc23)c1. The summed E-state index contributed by atoms with van der Waals surface area (Å²) in [4.78, 5) is 12.8. The normalized spacial score (nSPS) is 11.0. The van der Waals surface area contributed by atoms with E-state index in [4.69, 9.17) is 11.6 Å². The molecule has 1 aromatic heterocycles. The van der Waals surface area contributed by atoms with E-state index < -0.39 is 0 Å². The number of benzene rings is 3. The van der Waals surface area contributed by atoms with Crippen molar-refractivity contribution in [3.8, 4) is 0 Å².